The quantitative estimate of drug-likeness (QED) is 0.774. The summed E-state index contributed by atoms with van der Waals surface area (Å²) in [7, 11) is 0. The molecule has 1 aromatic carbocycles. The largest absolute Gasteiger partial charge is 0.445 e. The van der Waals surface area contributed by atoms with E-state index in [1.807, 2.05) is 23.1 Å². The number of cyclic esters (lactones) is 1. The Labute approximate surface area is 148 Å². The van der Waals surface area contributed by atoms with Crippen LogP contribution in [0, 0.1) is 0 Å². The molecule has 1 saturated carbocycles. The Hall–Kier alpha value is -1.88. The van der Waals surface area contributed by atoms with Crippen LogP contribution in [-0.2, 0) is 16.0 Å². The summed E-state index contributed by atoms with van der Waals surface area (Å²) in [6, 6.07) is 8.11. The second-order valence-corrected chi connectivity index (χ2v) is 7.72. The predicted molar refractivity (Wildman–Crippen MR) is 94.4 cm³/mol. The van der Waals surface area contributed by atoms with Gasteiger partial charge in [0.05, 0.1) is 5.56 Å². The van der Waals surface area contributed by atoms with Crippen LogP contribution in [0.1, 0.15) is 48.5 Å². The molecule has 1 atom stereocenters. The minimum atomic E-state index is -1.08. The van der Waals surface area contributed by atoms with E-state index in [-0.39, 0.29) is 11.9 Å². The number of hydrogen-bond acceptors (Lipinski definition) is 4. The molecule has 4 rings (SSSR count). The van der Waals surface area contributed by atoms with Crippen LogP contribution >= 0.6 is 0 Å². The zero-order chi connectivity index (χ0) is 17.4. The number of rotatable bonds is 2. The van der Waals surface area contributed by atoms with Gasteiger partial charge in [-0.2, -0.15) is 0 Å². The fraction of sp³-hybridized carbons (Fsp3) is 0.600. The van der Waals surface area contributed by atoms with Gasteiger partial charge in [-0.25, -0.2) is 4.79 Å². The Morgan fingerprint density at radius 1 is 1.12 bits per heavy atom. The smallest absolute Gasteiger partial charge is 0.339 e. The lowest BCUT2D eigenvalue weighted by Crippen LogP contribution is -2.58. The number of esters is 1. The maximum Gasteiger partial charge on any atom is 0.339 e. The highest BCUT2D eigenvalue weighted by Gasteiger charge is 2.45. The maximum absolute atomic E-state index is 13.1. The molecule has 2 heterocycles. The zero-order valence-electron chi connectivity index (χ0n) is 14.9. The van der Waals surface area contributed by atoms with Crippen molar-refractivity contribution in [2.45, 2.75) is 50.7 Å². The highest BCUT2D eigenvalue weighted by Crippen LogP contribution is 2.30. The Bertz CT molecular complexity index is 675. The Morgan fingerprint density at radius 2 is 1.80 bits per heavy atom. The van der Waals surface area contributed by atoms with Crippen molar-refractivity contribution in [3.05, 3.63) is 35.4 Å². The molecule has 2 fully saturated rings. The number of benzene rings is 1. The topological polar surface area (TPSA) is 49.9 Å². The van der Waals surface area contributed by atoms with Crippen molar-refractivity contribution in [3.63, 3.8) is 0 Å². The molecule has 0 spiro atoms. The molecule has 3 aliphatic rings. The number of nitrogens with zero attached hydrogens (tertiary/aromatic N) is 2. The standard InChI is InChI=1S/C20H26N2O3/c1-20(14-15-6-2-5-9-17(15)18(23)25-20)19(24)22-12-10-21(11-13-22)16-7-3-4-8-16/h2,5-6,9,16H,3-4,7-8,10-14H2,1H3. The number of amides is 1. The summed E-state index contributed by atoms with van der Waals surface area (Å²) in [5.74, 6) is -0.441. The molecular formula is C20H26N2O3. The van der Waals surface area contributed by atoms with Crippen LogP contribution in [0.3, 0.4) is 0 Å². The summed E-state index contributed by atoms with van der Waals surface area (Å²) in [5, 5.41) is 0. The maximum atomic E-state index is 13.1. The molecule has 1 amide bonds. The van der Waals surface area contributed by atoms with Gasteiger partial charge < -0.3 is 9.64 Å². The second-order valence-electron chi connectivity index (χ2n) is 7.72. The third-order valence-corrected chi connectivity index (χ3v) is 5.98. The summed E-state index contributed by atoms with van der Waals surface area (Å²) in [6.07, 6.45) is 5.70. The summed E-state index contributed by atoms with van der Waals surface area (Å²) >= 11 is 0. The Balaban J connectivity index is 1.44. The third kappa shape index (κ3) is 3.06. The van der Waals surface area contributed by atoms with Gasteiger partial charge in [0.2, 0.25) is 0 Å². The predicted octanol–water partition coefficient (Wildman–Crippen LogP) is 2.24. The van der Waals surface area contributed by atoms with Gasteiger partial charge in [0.1, 0.15) is 0 Å². The first kappa shape index (κ1) is 16.6. The van der Waals surface area contributed by atoms with Crippen LogP contribution in [0.25, 0.3) is 0 Å². The van der Waals surface area contributed by atoms with Crippen molar-refractivity contribution in [2.24, 2.45) is 0 Å². The fourth-order valence-corrected chi connectivity index (χ4v) is 4.55. The lowest BCUT2D eigenvalue weighted by atomic mass is 9.88. The van der Waals surface area contributed by atoms with Gasteiger partial charge in [-0.1, -0.05) is 31.0 Å². The molecule has 5 heteroatoms. The van der Waals surface area contributed by atoms with Gasteiger partial charge in [-0.15, -0.1) is 0 Å². The summed E-state index contributed by atoms with van der Waals surface area (Å²) < 4.78 is 5.60. The van der Waals surface area contributed by atoms with E-state index in [0.717, 1.165) is 31.7 Å². The van der Waals surface area contributed by atoms with Crippen LogP contribution in [0.5, 0.6) is 0 Å². The fourth-order valence-electron chi connectivity index (χ4n) is 4.55. The molecule has 0 bridgehead atoms. The van der Waals surface area contributed by atoms with Gasteiger partial charge in [0.25, 0.3) is 5.91 Å². The molecule has 1 unspecified atom stereocenters. The zero-order valence-corrected chi connectivity index (χ0v) is 14.9. The molecule has 5 nitrogen and oxygen atoms in total. The van der Waals surface area contributed by atoms with Gasteiger partial charge in [0.15, 0.2) is 5.60 Å². The first-order valence-electron chi connectivity index (χ1n) is 9.41. The van der Waals surface area contributed by atoms with Crippen molar-refractivity contribution in [1.82, 2.24) is 9.80 Å². The number of fused-ring (bicyclic) bond motifs is 1. The van der Waals surface area contributed by atoms with E-state index in [9.17, 15) is 9.59 Å². The number of ether oxygens (including phenoxy) is 1. The van der Waals surface area contributed by atoms with Crippen LogP contribution in [-0.4, -0.2) is 59.5 Å². The van der Waals surface area contributed by atoms with E-state index in [0.29, 0.717) is 18.0 Å². The number of carbonyl (C=O) groups excluding carboxylic acids is 2. The number of piperazine rings is 1. The number of hydrogen-bond donors (Lipinski definition) is 0. The van der Waals surface area contributed by atoms with E-state index in [2.05, 4.69) is 4.90 Å². The molecule has 134 valence electrons. The SMILES string of the molecule is CC1(C(=O)N2CCN(C3CCCC3)CC2)Cc2ccccc2C(=O)O1. The number of carbonyl (C=O) groups is 2. The van der Waals surface area contributed by atoms with E-state index in [4.69, 9.17) is 4.74 Å². The van der Waals surface area contributed by atoms with Crippen LogP contribution in [0.4, 0.5) is 0 Å². The lowest BCUT2D eigenvalue weighted by Gasteiger charge is -2.42. The van der Waals surface area contributed by atoms with Crippen LogP contribution in [0.2, 0.25) is 0 Å². The van der Waals surface area contributed by atoms with Gasteiger partial charge in [0, 0.05) is 38.6 Å². The average molecular weight is 342 g/mol. The average Bonchev–Trinajstić information content (AvgIpc) is 3.16. The minimum Gasteiger partial charge on any atom is -0.445 e. The highest BCUT2D eigenvalue weighted by molar-refractivity contribution is 5.97. The summed E-state index contributed by atoms with van der Waals surface area (Å²) in [4.78, 5) is 29.8. The first-order chi connectivity index (χ1) is 12.1. The monoisotopic (exact) mass is 342 g/mol. The summed E-state index contributed by atoms with van der Waals surface area (Å²) in [6.45, 7) is 5.06. The lowest BCUT2D eigenvalue weighted by molar-refractivity contribution is -0.153. The second kappa shape index (κ2) is 6.45. The van der Waals surface area contributed by atoms with E-state index < -0.39 is 5.60 Å². The normalized spacial score (nSPS) is 27.9. The minimum absolute atomic E-state index is 0.0542. The molecule has 0 radical (unpaired) electrons. The van der Waals surface area contributed by atoms with Crippen molar-refractivity contribution in [2.75, 3.05) is 26.2 Å². The first-order valence-corrected chi connectivity index (χ1v) is 9.41. The molecule has 2 aliphatic heterocycles. The molecule has 1 aromatic rings. The molecule has 1 aliphatic carbocycles. The van der Waals surface area contributed by atoms with Crippen molar-refractivity contribution in [1.29, 1.82) is 0 Å². The molecule has 0 aromatic heterocycles. The Kier molecular flexibility index (Phi) is 4.28. The molecule has 0 N–H and O–H groups in total. The highest BCUT2D eigenvalue weighted by atomic mass is 16.6. The molecule has 25 heavy (non-hydrogen) atoms. The third-order valence-electron chi connectivity index (χ3n) is 5.98. The molecular weight excluding hydrogens is 316 g/mol. The van der Waals surface area contributed by atoms with Crippen LogP contribution < -0.4 is 0 Å². The van der Waals surface area contributed by atoms with Gasteiger partial charge in [-0.3, -0.25) is 9.69 Å². The Morgan fingerprint density at radius 3 is 2.52 bits per heavy atom. The van der Waals surface area contributed by atoms with Crippen molar-refractivity contribution >= 4 is 11.9 Å². The summed E-state index contributed by atoms with van der Waals surface area (Å²) in [5.41, 5.74) is 0.402. The van der Waals surface area contributed by atoms with Gasteiger partial charge in [-0.05, 0) is 31.4 Å². The van der Waals surface area contributed by atoms with E-state index in [1.54, 1.807) is 13.0 Å². The van der Waals surface area contributed by atoms with Crippen LogP contribution in [0.15, 0.2) is 24.3 Å². The van der Waals surface area contributed by atoms with E-state index in [1.165, 1.54) is 25.7 Å². The van der Waals surface area contributed by atoms with E-state index >= 15 is 0 Å². The molecule has 1 saturated heterocycles. The van der Waals surface area contributed by atoms with Crippen molar-refractivity contribution in [3.8, 4) is 0 Å². The van der Waals surface area contributed by atoms with Gasteiger partial charge >= 0.3 is 5.97 Å². The van der Waals surface area contributed by atoms with Crippen molar-refractivity contribution < 1.29 is 14.3 Å².